The van der Waals surface area contributed by atoms with Crippen molar-refractivity contribution in [3.63, 3.8) is 0 Å². The second-order valence-electron chi connectivity index (χ2n) is 3.89. The first-order valence-electron chi connectivity index (χ1n) is 5.79. The maximum Gasteiger partial charge on any atom is 0.287 e. The number of nitro groups is 1. The van der Waals surface area contributed by atoms with Gasteiger partial charge in [0.2, 0.25) is 0 Å². The molecule has 0 saturated carbocycles. The molecule has 0 unspecified atom stereocenters. The molecule has 18 heavy (non-hydrogen) atoms. The third-order valence-corrected chi connectivity index (χ3v) is 2.71. The van der Waals surface area contributed by atoms with Crippen LogP contribution in [0, 0.1) is 10.1 Å². The highest BCUT2D eigenvalue weighted by atomic mass is 16.6. The van der Waals surface area contributed by atoms with Crippen molar-refractivity contribution in [1.82, 2.24) is 9.88 Å². The van der Waals surface area contributed by atoms with Gasteiger partial charge in [0.05, 0.1) is 23.8 Å². The summed E-state index contributed by atoms with van der Waals surface area (Å²) in [6.07, 6.45) is 1.92. The van der Waals surface area contributed by atoms with Crippen molar-refractivity contribution in [3.05, 3.63) is 28.1 Å². The third-order valence-electron chi connectivity index (χ3n) is 2.71. The molecule has 0 fully saturated rings. The number of aryl methyl sites for hydroxylation is 1. The Kier molecular flexibility index (Phi) is 4.85. The van der Waals surface area contributed by atoms with E-state index in [-0.39, 0.29) is 24.0 Å². The van der Waals surface area contributed by atoms with Crippen LogP contribution >= 0.6 is 0 Å². The Balaban J connectivity index is 2.93. The van der Waals surface area contributed by atoms with Gasteiger partial charge in [0.1, 0.15) is 5.69 Å². The van der Waals surface area contributed by atoms with E-state index in [0.717, 1.165) is 0 Å². The minimum Gasteiger partial charge on any atom is -0.394 e. The first kappa shape index (κ1) is 14.2. The van der Waals surface area contributed by atoms with Gasteiger partial charge in [-0.2, -0.15) is 0 Å². The van der Waals surface area contributed by atoms with Gasteiger partial charge < -0.3 is 15.0 Å². The molecule has 1 atom stereocenters. The number of carbonyl (C=O) groups excluding carboxylic acids is 1. The minimum atomic E-state index is -0.535. The van der Waals surface area contributed by atoms with Crippen LogP contribution in [-0.2, 0) is 6.54 Å². The topological polar surface area (TPSA) is 97.4 Å². The Hall–Kier alpha value is -1.89. The lowest BCUT2D eigenvalue weighted by atomic mass is 10.2. The third kappa shape index (κ3) is 3.07. The number of nitrogens with zero attached hydrogens (tertiary/aromatic N) is 2. The normalized spacial score (nSPS) is 12.2. The number of amides is 1. The summed E-state index contributed by atoms with van der Waals surface area (Å²) in [5.41, 5.74) is 0.121. The predicted octanol–water partition coefficient (Wildman–Crippen LogP) is 0.917. The molecule has 100 valence electrons. The monoisotopic (exact) mass is 255 g/mol. The van der Waals surface area contributed by atoms with Crippen LogP contribution in [0.3, 0.4) is 0 Å². The molecule has 1 aromatic heterocycles. The van der Waals surface area contributed by atoms with E-state index < -0.39 is 10.8 Å². The molecule has 0 saturated heterocycles. The quantitative estimate of drug-likeness (QED) is 0.583. The molecule has 1 aromatic rings. The van der Waals surface area contributed by atoms with Gasteiger partial charge in [-0.1, -0.05) is 6.92 Å². The lowest BCUT2D eigenvalue weighted by molar-refractivity contribution is -0.384. The molecule has 7 heteroatoms. The lowest BCUT2D eigenvalue weighted by Gasteiger charge is -2.14. The van der Waals surface area contributed by atoms with E-state index in [4.69, 9.17) is 5.11 Å². The standard InChI is InChI=1S/C11H17N3O4/c1-3-8(7-15)12-11(16)10-5-9(14(17)18)6-13(10)4-2/h5-6,8,15H,3-4,7H2,1-2H3,(H,12,16)/t8-/m1/s1. The van der Waals surface area contributed by atoms with Crippen molar-refractivity contribution in [2.75, 3.05) is 6.61 Å². The minimum absolute atomic E-state index is 0.112. The Bertz CT molecular complexity index is 437. The summed E-state index contributed by atoms with van der Waals surface area (Å²) >= 11 is 0. The molecule has 7 nitrogen and oxygen atoms in total. The van der Waals surface area contributed by atoms with Crippen molar-refractivity contribution >= 4 is 11.6 Å². The molecule has 0 aliphatic rings. The highest BCUT2D eigenvalue weighted by Crippen LogP contribution is 2.16. The van der Waals surface area contributed by atoms with E-state index in [2.05, 4.69) is 5.32 Å². The maximum atomic E-state index is 11.9. The molecular weight excluding hydrogens is 238 g/mol. The number of nitrogens with one attached hydrogen (secondary N) is 1. The Labute approximate surface area is 105 Å². The summed E-state index contributed by atoms with van der Waals surface area (Å²) in [5, 5.41) is 22.3. The van der Waals surface area contributed by atoms with Gasteiger partial charge in [-0.05, 0) is 13.3 Å². The molecule has 0 aliphatic heterocycles. The first-order valence-corrected chi connectivity index (χ1v) is 5.79. The summed E-state index contributed by atoms with van der Waals surface area (Å²) in [5.74, 6) is -0.411. The zero-order valence-electron chi connectivity index (χ0n) is 10.4. The van der Waals surface area contributed by atoms with Gasteiger partial charge in [0.25, 0.3) is 11.6 Å². The van der Waals surface area contributed by atoms with Crippen LogP contribution in [0.2, 0.25) is 0 Å². The zero-order chi connectivity index (χ0) is 13.7. The maximum absolute atomic E-state index is 11.9. The molecule has 1 rings (SSSR count). The lowest BCUT2D eigenvalue weighted by Crippen LogP contribution is -2.37. The van der Waals surface area contributed by atoms with Crippen molar-refractivity contribution in [3.8, 4) is 0 Å². The number of carbonyl (C=O) groups is 1. The molecule has 0 spiro atoms. The molecule has 2 N–H and O–H groups in total. The second-order valence-corrected chi connectivity index (χ2v) is 3.89. The highest BCUT2D eigenvalue weighted by molar-refractivity contribution is 5.93. The fraction of sp³-hybridized carbons (Fsp3) is 0.545. The smallest absolute Gasteiger partial charge is 0.287 e. The molecule has 0 aromatic carbocycles. The zero-order valence-corrected chi connectivity index (χ0v) is 10.4. The molecule has 0 radical (unpaired) electrons. The Morgan fingerprint density at radius 3 is 2.72 bits per heavy atom. The van der Waals surface area contributed by atoms with E-state index in [1.165, 1.54) is 16.8 Å². The van der Waals surface area contributed by atoms with Crippen molar-refractivity contribution in [1.29, 1.82) is 0 Å². The van der Waals surface area contributed by atoms with Crippen molar-refractivity contribution in [2.45, 2.75) is 32.9 Å². The summed E-state index contributed by atoms with van der Waals surface area (Å²) in [6, 6.07) is 0.903. The molecular formula is C11H17N3O4. The van der Waals surface area contributed by atoms with E-state index in [1.807, 2.05) is 6.92 Å². The van der Waals surface area contributed by atoms with Gasteiger partial charge in [0, 0.05) is 12.6 Å². The van der Waals surface area contributed by atoms with Gasteiger partial charge in [0.15, 0.2) is 0 Å². The fourth-order valence-corrected chi connectivity index (χ4v) is 1.58. The molecule has 0 bridgehead atoms. The van der Waals surface area contributed by atoms with Crippen LogP contribution in [0.25, 0.3) is 0 Å². The highest BCUT2D eigenvalue weighted by Gasteiger charge is 2.20. The van der Waals surface area contributed by atoms with Crippen LogP contribution in [0.15, 0.2) is 12.3 Å². The van der Waals surface area contributed by atoms with Gasteiger partial charge in [-0.25, -0.2) is 0 Å². The van der Waals surface area contributed by atoms with Gasteiger partial charge in [-0.3, -0.25) is 14.9 Å². The van der Waals surface area contributed by atoms with E-state index in [9.17, 15) is 14.9 Å². The average Bonchev–Trinajstić information content (AvgIpc) is 2.79. The summed E-state index contributed by atoms with van der Waals surface area (Å²) in [6.45, 7) is 3.94. The van der Waals surface area contributed by atoms with E-state index >= 15 is 0 Å². The predicted molar refractivity (Wildman–Crippen MR) is 65.4 cm³/mol. The summed E-state index contributed by atoms with van der Waals surface area (Å²) in [7, 11) is 0. The number of aliphatic hydroxyl groups excluding tert-OH is 1. The van der Waals surface area contributed by atoms with Gasteiger partial charge >= 0.3 is 0 Å². The summed E-state index contributed by atoms with van der Waals surface area (Å²) < 4.78 is 1.51. The molecule has 0 aliphatic carbocycles. The number of rotatable bonds is 6. The number of hydrogen-bond donors (Lipinski definition) is 2. The average molecular weight is 255 g/mol. The van der Waals surface area contributed by atoms with Crippen LogP contribution in [0.5, 0.6) is 0 Å². The van der Waals surface area contributed by atoms with Crippen molar-refractivity contribution in [2.24, 2.45) is 0 Å². The van der Waals surface area contributed by atoms with Crippen LogP contribution < -0.4 is 5.32 Å². The number of hydrogen-bond acceptors (Lipinski definition) is 4. The number of aromatic nitrogens is 1. The Morgan fingerprint density at radius 1 is 1.61 bits per heavy atom. The van der Waals surface area contributed by atoms with Crippen LogP contribution in [-0.4, -0.2) is 33.2 Å². The summed E-state index contributed by atoms with van der Waals surface area (Å²) in [4.78, 5) is 22.0. The van der Waals surface area contributed by atoms with E-state index in [0.29, 0.717) is 13.0 Å². The molecule has 1 amide bonds. The molecule has 1 heterocycles. The second kappa shape index (κ2) is 6.15. The van der Waals surface area contributed by atoms with Gasteiger partial charge in [-0.15, -0.1) is 0 Å². The van der Waals surface area contributed by atoms with Crippen LogP contribution in [0.1, 0.15) is 30.8 Å². The van der Waals surface area contributed by atoms with Crippen LogP contribution in [0.4, 0.5) is 5.69 Å². The largest absolute Gasteiger partial charge is 0.394 e. The fourth-order valence-electron chi connectivity index (χ4n) is 1.58. The van der Waals surface area contributed by atoms with Crippen molar-refractivity contribution < 1.29 is 14.8 Å². The Morgan fingerprint density at radius 2 is 2.28 bits per heavy atom. The van der Waals surface area contributed by atoms with E-state index in [1.54, 1.807) is 6.92 Å². The number of aliphatic hydroxyl groups is 1. The first-order chi connectivity index (χ1) is 8.53. The SMILES string of the molecule is CC[C@H](CO)NC(=O)c1cc([N+](=O)[O-])cn1CC.